The van der Waals surface area contributed by atoms with Crippen LogP contribution in [0, 0.1) is 5.41 Å². The van der Waals surface area contributed by atoms with Gasteiger partial charge in [-0.15, -0.1) is 0 Å². The second-order valence-corrected chi connectivity index (χ2v) is 6.92. The molecule has 0 atom stereocenters. The van der Waals surface area contributed by atoms with E-state index in [1.807, 2.05) is 6.08 Å². The van der Waals surface area contributed by atoms with Crippen molar-refractivity contribution in [3.8, 4) is 0 Å². The number of hydrogen-bond acceptors (Lipinski definition) is 2. The largest absolute Gasteiger partial charge is 0.224 e. The molecule has 1 rings (SSSR count). The zero-order valence-electron chi connectivity index (χ0n) is 9.29. The summed E-state index contributed by atoms with van der Waals surface area (Å²) in [6.45, 7) is 6.45. The monoisotopic (exact) mass is 214 g/mol. The zero-order valence-corrected chi connectivity index (χ0v) is 10.1. The Hall–Kier alpha value is -0.570. The van der Waals surface area contributed by atoms with Gasteiger partial charge in [-0.1, -0.05) is 32.4 Å². The second kappa shape index (κ2) is 3.54. The molecule has 0 fully saturated rings. The predicted octanol–water partition coefficient (Wildman–Crippen LogP) is 2.68. The van der Waals surface area contributed by atoms with Crippen LogP contribution in [-0.4, -0.2) is 14.7 Å². The highest BCUT2D eigenvalue weighted by Gasteiger charge is 2.21. The Kier molecular flexibility index (Phi) is 2.91. The highest BCUT2D eigenvalue weighted by molar-refractivity contribution is 7.94. The second-order valence-electron chi connectivity index (χ2n) is 4.85. The summed E-state index contributed by atoms with van der Waals surface area (Å²) >= 11 is 0. The normalized spacial score (nSPS) is 18.9. The van der Waals surface area contributed by atoms with Gasteiger partial charge in [0.2, 0.25) is 0 Å². The summed E-state index contributed by atoms with van der Waals surface area (Å²) in [5.41, 5.74) is 1.48. The van der Waals surface area contributed by atoms with E-state index in [0.717, 1.165) is 6.42 Å². The van der Waals surface area contributed by atoms with E-state index in [-0.39, 0.29) is 5.41 Å². The van der Waals surface area contributed by atoms with Crippen LogP contribution >= 0.6 is 0 Å². The van der Waals surface area contributed by atoms with Gasteiger partial charge < -0.3 is 0 Å². The molecule has 0 bridgehead atoms. The van der Waals surface area contributed by atoms with E-state index in [9.17, 15) is 8.42 Å². The zero-order chi connectivity index (χ0) is 11.0. The summed E-state index contributed by atoms with van der Waals surface area (Å²) in [6, 6.07) is 0. The first-order valence-corrected chi connectivity index (χ1v) is 6.70. The average Bonchev–Trinajstić information content (AvgIpc) is 2.01. The first kappa shape index (κ1) is 11.5. The molecule has 3 heteroatoms. The molecule has 1 aliphatic rings. The molecule has 0 spiro atoms. The van der Waals surface area contributed by atoms with Gasteiger partial charge in [-0.3, -0.25) is 0 Å². The van der Waals surface area contributed by atoms with Gasteiger partial charge in [0.25, 0.3) is 0 Å². The molecule has 0 amide bonds. The summed E-state index contributed by atoms with van der Waals surface area (Å²) in [6.07, 6.45) is 6.50. The summed E-state index contributed by atoms with van der Waals surface area (Å²) in [5, 5.41) is 0. The SMILES string of the molecule is CC(C)(C)C1=CC=C(S(C)(=O)=O)CC1. The Bertz CT molecular complexity index is 378. The molecule has 0 aromatic carbocycles. The fraction of sp³-hybridized carbons (Fsp3) is 0.636. The molecule has 14 heavy (non-hydrogen) atoms. The molecular weight excluding hydrogens is 196 g/mol. The van der Waals surface area contributed by atoms with Gasteiger partial charge in [0.15, 0.2) is 9.84 Å². The van der Waals surface area contributed by atoms with Crippen molar-refractivity contribution >= 4 is 9.84 Å². The summed E-state index contributed by atoms with van der Waals surface area (Å²) in [4.78, 5) is 0.561. The Morgan fingerprint density at radius 3 is 2.00 bits per heavy atom. The average molecular weight is 214 g/mol. The van der Waals surface area contributed by atoms with Gasteiger partial charge in [-0.2, -0.15) is 0 Å². The molecular formula is C11H18O2S. The van der Waals surface area contributed by atoms with E-state index in [1.54, 1.807) is 6.08 Å². The molecule has 80 valence electrons. The fourth-order valence-electron chi connectivity index (χ4n) is 1.55. The Morgan fingerprint density at radius 2 is 1.71 bits per heavy atom. The van der Waals surface area contributed by atoms with E-state index in [0.29, 0.717) is 11.3 Å². The molecule has 0 aromatic heterocycles. The first-order valence-electron chi connectivity index (χ1n) is 4.81. The highest BCUT2D eigenvalue weighted by Crippen LogP contribution is 2.33. The van der Waals surface area contributed by atoms with Crippen LogP contribution in [0.3, 0.4) is 0 Å². The number of sulfone groups is 1. The van der Waals surface area contributed by atoms with Gasteiger partial charge in [0.1, 0.15) is 0 Å². The molecule has 0 heterocycles. The minimum absolute atomic E-state index is 0.152. The molecule has 0 saturated carbocycles. The number of hydrogen-bond donors (Lipinski definition) is 0. The van der Waals surface area contributed by atoms with Crippen molar-refractivity contribution in [1.82, 2.24) is 0 Å². The number of rotatable bonds is 1. The van der Waals surface area contributed by atoms with Crippen molar-refractivity contribution in [2.24, 2.45) is 5.41 Å². The summed E-state index contributed by atoms with van der Waals surface area (Å²) in [5.74, 6) is 0. The molecule has 0 unspecified atom stereocenters. The summed E-state index contributed by atoms with van der Waals surface area (Å²) < 4.78 is 22.5. The van der Waals surface area contributed by atoms with Gasteiger partial charge in [-0.05, 0) is 24.3 Å². The van der Waals surface area contributed by atoms with Crippen LogP contribution < -0.4 is 0 Å². The summed E-state index contributed by atoms with van der Waals surface area (Å²) in [7, 11) is -2.98. The van der Waals surface area contributed by atoms with E-state index >= 15 is 0 Å². The molecule has 0 N–H and O–H groups in total. The van der Waals surface area contributed by atoms with Crippen LogP contribution in [0.1, 0.15) is 33.6 Å². The van der Waals surface area contributed by atoms with Gasteiger partial charge in [0.05, 0.1) is 0 Å². The van der Waals surface area contributed by atoms with Crippen LogP contribution in [0.4, 0.5) is 0 Å². The van der Waals surface area contributed by atoms with Gasteiger partial charge >= 0.3 is 0 Å². The maximum absolute atomic E-state index is 11.2. The Labute approximate surface area is 86.6 Å². The van der Waals surface area contributed by atoms with E-state index < -0.39 is 9.84 Å². The third kappa shape index (κ3) is 2.71. The lowest BCUT2D eigenvalue weighted by molar-refractivity contribution is 0.480. The van der Waals surface area contributed by atoms with Crippen molar-refractivity contribution < 1.29 is 8.42 Å². The standard InChI is InChI=1S/C11H18O2S/c1-11(2,3)9-5-7-10(8-6-9)14(4,12)13/h5,7H,6,8H2,1-4H3. The molecule has 2 nitrogen and oxygen atoms in total. The fourth-order valence-corrected chi connectivity index (χ4v) is 2.34. The van der Waals surface area contributed by atoms with Crippen molar-refractivity contribution in [3.63, 3.8) is 0 Å². The molecule has 0 aromatic rings. The predicted molar refractivity (Wildman–Crippen MR) is 59.7 cm³/mol. The third-order valence-corrected chi connectivity index (χ3v) is 3.84. The molecule has 1 aliphatic carbocycles. The van der Waals surface area contributed by atoms with Crippen LogP contribution in [0.15, 0.2) is 22.6 Å². The van der Waals surface area contributed by atoms with Crippen LogP contribution in [0.5, 0.6) is 0 Å². The minimum Gasteiger partial charge on any atom is -0.224 e. The minimum atomic E-state index is -2.98. The number of allylic oxidation sites excluding steroid dienone is 4. The first-order chi connectivity index (χ1) is 6.21. The molecule has 0 saturated heterocycles. The van der Waals surface area contributed by atoms with Crippen LogP contribution in [0.2, 0.25) is 0 Å². The van der Waals surface area contributed by atoms with Crippen molar-refractivity contribution in [2.45, 2.75) is 33.6 Å². The van der Waals surface area contributed by atoms with Crippen molar-refractivity contribution in [2.75, 3.05) is 6.26 Å². The topological polar surface area (TPSA) is 34.1 Å². The molecule has 0 aliphatic heterocycles. The Balaban J connectivity index is 2.96. The maximum atomic E-state index is 11.2. The van der Waals surface area contributed by atoms with Gasteiger partial charge in [-0.25, -0.2) is 8.42 Å². The van der Waals surface area contributed by atoms with Crippen LogP contribution in [-0.2, 0) is 9.84 Å². The van der Waals surface area contributed by atoms with E-state index in [1.165, 1.54) is 11.8 Å². The lowest BCUT2D eigenvalue weighted by Gasteiger charge is -2.25. The quantitative estimate of drug-likeness (QED) is 0.672. The third-order valence-electron chi connectivity index (χ3n) is 2.55. The van der Waals surface area contributed by atoms with Crippen LogP contribution in [0.25, 0.3) is 0 Å². The van der Waals surface area contributed by atoms with E-state index in [2.05, 4.69) is 20.8 Å². The van der Waals surface area contributed by atoms with E-state index in [4.69, 9.17) is 0 Å². The lowest BCUT2D eigenvalue weighted by Crippen LogP contribution is -2.13. The lowest BCUT2D eigenvalue weighted by atomic mass is 9.82. The van der Waals surface area contributed by atoms with Crippen molar-refractivity contribution in [1.29, 1.82) is 0 Å². The maximum Gasteiger partial charge on any atom is 0.171 e. The van der Waals surface area contributed by atoms with Gasteiger partial charge in [0, 0.05) is 11.2 Å². The smallest absolute Gasteiger partial charge is 0.171 e. The van der Waals surface area contributed by atoms with Crippen molar-refractivity contribution in [3.05, 3.63) is 22.6 Å². The highest BCUT2D eigenvalue weighted by atomic mass is 32.2. The molecule has 0 radical (unpaired) electrons. The Morgan fingerprint density at radius 1 is 1.14 bits per heavy atom.